The van der Waals surface area contributed by atoms with E-state index in [0.29, 0.717) is 22.2 Å². The zero-order valence-electron chi connectivity index (χ0n) is 9.58. The molecule has 2 nitrogen and oxygen atoms in total. The predicted molar refractivity (Wildman–Crippen MR) is 78.7 cm³/mol. The summed E-state index contributed by atoms with van der Waals surface area (Å²) in [7, 11) is 0. The number of pyridine rings is 1. The van der Waals surface area contributed by atoms with E-state index in [-0.39, 0.29) is 5.56 Å². The molecule has 0 unspecified atom stereocenters. The lowest BCUT2D eigenvalue weighted by Crippen LogP contribution is -2.22. The average Bonchev–Trinajstić information content (AvgIpc) is 2.30. The Labute approximate surface area is 123 Å². The molecule has 0 spiro atoms. The van der Waals surface area contributed by atoms with Gasteiger partial charge in [-0.3, -0.25) is 4.79 Å². The maximum atomic E-state index is 12.0. The monoisotopic (exact) mass is 345 g/mol. The number of hydrogen-bond donors (Lipinski definition) is 0. The fraction of sp³-hybridized carbons (Fsp3) is 0.154. The van der Waals surface area contributed by atoms with Crippen LogP contribution >= 0.6 is 39.1 Å². The Hall–Kier alpha value is -0.770. The van der Waals surface area contributed by atoms with Gasteiger partial charge in [0.05, 0.1) is 6.54 Å². The van der Waals surface area contributed by atoms with Gasteiger partial charge >= 0.3 is 0 Å². The van der Waals surface area contributed by atoms with Crippen LogP contribution in [0.15, 0.2) is 39.7 Å². The van der Waals surface area contributed by atoms with Crippen molar-refractivity contribution in [3.63, 3.8) is 0 Å². The van der Waals surface area contributed by atoms with Gasteiger partial charge < -0.3 is 4.57 Å². The second kappa shape index (κ2) is 5.47. The van der Waals surface area contributed by atoms with Gasteiger partial charge in [0.1, 0.15) is 0 Å². The number of hydrogen-bond acceptors (Lipinski definition) is 1. The third-order valence-electron chi connectivity index (χ3n) is 2.58. The van der Waals surface area contributed by atoms with Crippen LogP contribution in [-0.4, -0.2) is 4.57 Å². The Kier molecular flexibility index (Phi) is 4.15. The highest BCUT2D eigenvalue weighted by atomic mass is 79.9. The summed E-state index contributed by atoms with van der Waals surface area (Å²) in [5.74, 6) is 0. The Bertz CT molecular complexity index is 652. The summed E-state index contributed by atoms with van der Waals surface area (Å²) in [6.45, 7) is 2.18. The standard InChI is InChI=1S/C13H10BrCl2NO/c1-8-4-10(14)7-17(13(8)18)6-9-5-11(15)2-3-12(9)16/h2-5,7H,6H2,1H3. The molecule has 94 valence electrons. The summed E-state index contributed by atoms with van der Waals surface area (Å²) in [4.78, 5) is 12.0. The number of halogens is 3. The molecule has 0 amide bonds. The molecule has 2 aromatic rings. The van der Waals surface area contributed by atoms with E-state index in [0.717, 1.165) is 10.0 Å². The Balaban J connectivity index is 2.46. The summed E-state index contributed by atoms with van der Waals surface area (Å²) < 4.78 is 2.47. The fourth-order valence-corrected chi connectivity index (χ4v) is 2.67. The van der Waals surface area contributed by atoms with Gasteiger partial charge in [-0.15, -0.1) is 0 Å². The van der Waals surface area contributed by atoms with Crippen molar-refractivity contribution in [1.29, 1.82) is 0 Å². The van der Waals surface area contributed by atoms with Crippen molar-refractivity contribution >= 4 is 39.1 Å². The van der Waals surface area contributed by atoms with E-state index in [2.05, 4.69) is 15.9 Å². The summed E-state index contributed by atoms with van der Waals surface area (Å²) in [6, 6.07) is 7.02. The molecule has 0 bridgehead atoms. The molecule has 0 saturated carbocycles. The van der Waals surface area contributed by atoms with Gasteiger partial charge in [0.2, 0.25) is 0 Å². The van der Waals surface area contributed by atoms with Crippen LogP contribution in [0, 0.1) is 6.92 Å². The zero-order chi connectivity index (χ0) is 13.3. The first-order valence-electron chi connectivity index (χ1n) is 5.28. The molecule has 0 N–H and O–H groups in total. The van der Waals surface area contributed by atoms with Crippen molar-refractivity contribution in [1.82, 2.24) is 4.57 Å². The number of rotatable bonds is 2. The fourth-order valence-electron chi connectivity index (χ4n) is 1.71. The molecule has 18 heavy (non-hydrogen) atoms. The third-order valence-corrected chi connectivity index (χ3v) is 3.62. The Morgan fingerprint density at radius 2 is 2.00 bits per heavy atom. The van der Waals surface area contributed by atoms with Crippen molar-refractivity contribution in [3.05, 3.63) is 66.5 Å². The second-order valence-corrected chi connectivity index (χ2v) is 5.77. The number of benzene rings is 1. The Morgan fingerprint density at radius 1 is 1.28 bits per heavy atom. The molecule has 0 aliphatic carbocycles. The molecule has 0 aliphatic heterocycles. The molecular formula is C13H10BrCl2NO. The van der Waals surface area contributed by atoms with Crippen LogP contribution in [0.4, 0.5) is 0 Å². The average molecular weight is 347 g/mol. The third kappa shape index (κ3) is 2.97. The van der Waals surface area contributed by atoms with Crippen molar-refractivity contribution in [2.45, 2.75) is 13.5 Å². The highest BCUT2D eigenvalue weighted by Gasteiger charge is 2.06. The zero-order valence-corrected chi connectivity index (χ0v) is 12.7. The minimum atomic E-state index is -0.0331. The van der Waals surface area contributed by atoms with E-state index in [1.807, 2.05) is 0 Å². The lowest BCUT2D eigenvalue weighted by Gasteiger charge is -2.09. The first-order valence-corrected chi connectivity index (χ1v) is 6.83. The maximum absolute atomic E-state index is 12.0. The second-order valence-electron chi connectivity index (χ2n) is 4.01. The highest BCUT2D eigenvalue weighted by Crippen LogP contribution is 2.21. The molecule has 1 heterocycles. The summed E-state index contributed by atoms with van der Waals surface area (Å²) in [6.07, 6.45) is 1.74. The quantitative estimate of drug-likeness (QED) is 0.795. The van der Waals surface area contributed by atoms with Crippen LogP contribution in [0.1, 0.15) is 11.1 Å². The summed E-state index contributed by atoms with van der Waals surface area (Å²) >= 11 is 15.4. The molecule has 5 heteroatoms. The first kappa shape index (κ1) is 13.7. The molecule has 1 aromatic carbocycles. The minimum Gasteiger partial charge on any atom is -0.310 e. The highest BCUT2D eigenvalue weighted by molar-refractivity contribution is 9.10. The van der Waals surface area contributed by atoms with E-state index in [9.17, 15) is 4.79 Å². The topological polar surface area (TPSA) is 22.0 Å². The van der Waals surface area contributed by atoms with Crippen molar-refractivity contribution in [2.75, 3.05) is 0 Å². The van der Waals surface area contributed by atoms with Crippen LogP contribution in [-0.2, 0) is 6.54 Å². The molecule has 0 saturated heterocycles. The van der Waals surface area contributed by atoms with Gasteiger partial charge in [-0.1, -0.05) is 23.2 Å². The molecular weight excluding hydrogens is 337 g/mol. The van der Waals surface area contributed by atoms with Crippen LogP contribution in [0.2, 0.25) is 10.0 Å². The Morgan fingerprint density at radius 3 is 2.72 bits per heavy atom. The minimum absolute atomic E-state index is 0.0331. The van der Waals surface area contributed by atoms with Gasteiger partial charge in [0.25, 0.3) is 5.56 Å². The molecule has 0 aliphatic rings. The number of aromatic nitrogens is 1. The smallest absolute Gasteiger partial charge is 0.253 e. The van der Waals surface area contributed by atoms with Crippen LogP contribution in [0.25, 0.3) is 0 Å². The number of aryl methyl sites for hydroxylation is 1. The molecule has 0 atom stereocenters. The molecule has 1 aromatic heterocycles. The van der Waals surface area contributed by atoms with Crippen molar-refractivity contribution in [2.24, 2.45) is 0 Å². The predicted octanol–water partition coefficient (Wildman–Crippen LogP) is 4.27. The van der Waals surface area contributed by atoms with Gasteiger partial charge in [-0.2, -0.15) is 0 Å². The van der Waals surface area contributed by atoms with Crippen LogP contribution in [0.5, 0.6) is 0 Å². The number of nitrogens with zero attached hydrogens (tertiary/aromatic N) is 1. The van der Waals surface area contributed by atoms with Crippen LogP contribution < -0.4 is 5.56 Å². The largest absolute Gasteiger partial charge is 0.310 e. The van der Waals surface area contributed by atoms with E-state index >= 15 is 0 Å². The summed E-state index contributed by atoms with van der Waals surface area (Å²) in [5.41, 5.74) is 1.47. The first-order chi connectivity index (χ1) is 8.47. The van der Waals surface area contributed by atoms with Crippen molar-refractivity contribution < 1.29 is 0 Å². The van der Waals surface area contributed by atoms with Gasteiger partial charge in [-0.25, -0.2) is 0 Å². The molecule has 0 fully saturated rings. The van der Waals surface area contributed by atoms with Crippen molar-refractivity contribution in [3.8, 4) is 0 Å². The van der Waals surface area contributed by atoms with E-state index in [1.165, 1.54) is 0 Å². The van der Waals surface area contributed by atoms with Gasteiger partial charge in [-0.05, 0) is 52.7 Å². The molecule has 0 radical (unpaired) electrons. The lowest BCUT2D eigenvalue weighted by atomic mass is 10.2. The van der Waals surface area contributed by atoms with E-state index in [4.69, 9.17) is 23.2 Å². The van der Waals surface area contributed by atoms with E-state index in [1.54, 1.807) is 42.0 Å². The summed E-state index contributed by atoms with van der Waals surface area (Å²) in [5, 5.41) is 1.21. The lowest BCUT2D eigenvalue weighted by molar-refractivity contribution is 0.749. The molecule has 2 rings (SSSR count). The van der Waals surface area contributed by atoms with Gasteiger partial charge in [0, 0.05) is 26.3 Å². The van der Waals surface area contributed by atoms with E-state index < -0.39 is 0 Å². The maximum Gasteiger partial charge on any atom is 0.253 e. The SMILES string of the molecule is Cc1cc(Br)cn(Cc2cc(Cl)ccc2Cl)c1=O. The van der Waals surface area contributed by atoms with Gasteiger partial charge in [0.15, 0.2) is 0 Å². The normalized spacial score (nSPS) is 10.7. The van der Waals surface area contributed by atoms with Crippen LogP contribution in [0.3, 0.4) is 0 Å².